The van der Waals surface area contributed by atoms with Gasteiger partial charge in [0, 0.05) is 12.3 Å². The van der Waals surface area contributed by atoms with Crippen molar-refractivity contribution in [2.75, 3.05) is 6.61 Å². The van der Waals surface area contributed by atoms with E-state index in [4.69, 9.17) is 4.74 Å². The fourth-order valence-corrected chi connectivity index (χ4v) is 3.34. The van der Waals surface area contributed by atoms with Crippen molar-refractivity contribution in [1.82, 2.24) is 4.57 Å². The number of esters is 1. The van der Waals surface area contributed by atoms with Crippen LogP contribution in [0.1, 0.15) is 50.3 Å². The Morgan fingerprint density at radius 1 is 1.35 bits per heavy atom. The Labute approximate surface area is 136 Å². The number of benzene rings is 1. The molecule has 1 fully saturated rings. The molecular formula is C19H23NO3. The predicted octanol–water partition coefficient (Wildman–Crippen LogP) is 3.79. The monoisotopic (exact) mass is 313 g/mol. The van der Waals surface area contributed by atoms with Crippen molar-refractivity contribution in [3.8, 4) is 5.88 Å². The fourth-order valence-electron chi connectivity index (χ4n) is 3.34. The first-order chi connectivity index (χ1) is 11.1. The number of nitrogens with zero attached hydrogens (tertiary/aromatic N) is 1. The number of hydrogen-bond acceptors (Lipinski definition) is 3. The summed E-state index contributed by atoms with van der Waals surface area (Å²) in [4.78, 5) is 12.4. The van der Waals surface area contributed by atoms with Crippen molar-refractivity contribution in [2.45, 2.75) is 44.6 Å². The van der Waals surface area contributed by atoms with Gasteiger partial charge in [-0.05, 0) is 37.8 Å². The van der Waals surface area contributed by atoms with Crippen molar-refractivity contribution in [2.24, 2.45) is 0 Å². The van der Waals surface area contributed by atoms with Gasteiger partial charge in [0.05, 0.1) is 18.1 Å². The van der Waals surface area contributed by atoms with Crippen LogP contribution in [-0.4, -0.2) is 22.2 Å². The molecule has 3 rings (SSSR count). The lowest BCUT2D eigenvalue weighted by atomic mass is 9.65. The maximum Gasteiger partial charge on any atom is 0.316 e. The van der Waals surface area contributed by atoms with Crippen molar-refractivity contribution in [3.05, 3.63) is 53.7 Å². The second-order valence-electron chi connectivity index (χ2n) is 6.24. The molecule has 0 spiro atoms. The highest BCUT2D eigenvalue weighted by molar-refractivity contribution is 5.84. The predicted molar refractivity (Wildman–Crippen MR) is 88.5 cm³/mol. The molecule has 1 aliphatic carbocycles. The van der Waals surface area contributed by atoms with E-state index in [1.165, 1.54) is 0 Å². The molecule has 4 nitrogen and oxygen atoms in total. The zero-order valence-corrected chi connectivity index (χ0v) is 13.7. The number of aromatic hydroxyl groups is 1. The summed E-state index contributed by atoms with van der Waals surface area (Å²) < 4.78 is 7.09. The number of ether oxygens (including phenoxy) is 1. The highest BCUT2D eigenvalue weighted by Gasteiger charge is 2.48. The van der Waals surface area contributed by atoms with Gasteiger partial charge >= 0.3 is 5.97 Å². The lowest BCUT2D eigenvalue weighted by Gasteiger charge is -2.38. The van der Waals surface area contributed by atoms with Crippen LogP contribution in [0, 0.1) is 0 Å². The smallest absolute Gasteiger partial charge is 0.316 e. The van der Waals surface area contributed by atoms with E-state index in [1.54, 1.807) is 6.07 Å². The zero-order chi connectivity index (χ0) is 16.4. The van der Waals surface area contributed by atoms with Crippen LogP contribution in [0.3, 0.4) is 0 Å². The van der Waals surface area contributed by atoms with E-state index in [0.29, 0.717) is 6.61 Å². The van der Waals surface area contributed by atoms with Gasteiger partial charge in [-0.25, -0.2) is 0 Å². The molecule has 0 amide bonds. The number of carbonyl (C=O) groups is 1. The largest absolute Gasteiger partial charge is 0.494 e. The number of aromatic nitrogens is 1. The molecule has 1 aromatic heterocycles. The van der Waals surface area contributed by atoms with Crippen LogP contribution in [0.5, 0.6) is 5.88 Å². The SMILES string of the molecule is CCOC(=O)C1(c2cc(O)n([C@@H](C)c3ccccc3)c2)CCC1. The van der Waals surface area contributed by atoms with Gasteiger partial charge in [-0.3, -0.25) is 4.79 Å². The summed E-state index contributed by atoms with van der Waals surface area (Å²) in [6.45, 7) is 4.24. The third-order valence-electron chi connectivity index (χ3n) is 4.95. The molecule has 1 aromatic carbocycles. The maximum atomic E-state index is 12.4. The Morgan fingerprint density at radius 3 is 2.61 bits per heavy atom. The Morgan fingerprint density at radius 2 is 2.04 bits per heavy atom. The van der Waals surface area contributed by atoms with Gasteiger partial charge in [0.15, 0.2) is 5.88 Å². The minimum absolute atomic E-state index is 0.00396. The summed E-state index contributed by atoms with van der Waals surface area (Å²) in [5.74, 6) is 0.0164. The van der Waals surface area contributed by atoms with Crippen LogP contribution in [-0.2, 0) is 14.9 Å². The zero-order valence-electron chi connectivity index (χ0n) is 13.7. The molecule has 0 unspecified atom stereocenters. The van der Waals surface area contributed by atoms with Gasteiger partial charge in [-0.2, -0.15) is 0 Å². The minimum Gasteiger partial charge on any atom is -0.494 e. The minimum atomic E-state index is -0.574. The van der Waals surface area contributed by atoms with Crippen LogP contribution in [0.15, 0.2) is 42.6 Å². The second kappa shape index (κ2) is 6.11. The van der Waals surface area contributed by atoms with Crippen LogP contribution in [0.25, 0.3) is 0 Å². The van der Waals surface area contributed by atoms with Crippen LogP contribution < -0.4 is 0 Å². The molecule has 1 atom stereocenters. The number of carbonyl (C=O) groups excluding carboxylic acids is 1. The molecule has 1 saturated carbocycles. The molecule has 0 radical (unpaired) electrons. The summed E-state index contributed by atoms with van der Waals surface area (Å²) in [6.07, 6.45) is 4.49. The first-order valence-corrected chi connectivity index (χ1v) is 8.22. The Hall–Kier alpha value is -2.23. The summed E-state index contributed by atoms with van der Waals surface area (Å²) in [5, 5.41) is 10.4. The van der Waals surface area contributed by atoms with E-state index in [2.05, 4.69) is 0 Å². The standard InChI is InChI=1S/C19H23NO3/c1-3-23-18(22)19(10-7-11-19)16-12-17(21)20(13-16)14(2)15-8-5-4-6-9-15/h4-6,8-9,12-14,21H,3,7,10-11H2,1-2H3/t14-/m0/s1. The number of hydrogen-bond donors (Lipinski definition) is 1. The first-order valence-electron chi connectivity index (χ1n) is 8.22. The molecule has 122 valence electrons. The highest BCUT2D eigenvalue weighted by atomic mass is 16.5. The quantitative estimate of drug-likeness (QED) is 0.855. The molecule has 23 heavy (non-hydrogen) atoms. The van der Waals surface area contributed by atoms with Crippen LogP contribution in [0.4, 0.5) is 0 Å². The van der Waals surface area contributed by atoms with Crippen molar-refractivity contribution >= 4 is 5.97 Å². The molecular weight excluding hydrogens is 290 g/mol. The van der Waals surface area contributed by atoms with Crippen LogP contribution in [0.2, 0.25) is 0 Å². The summed E-state index contributed by atoms with van der Waals surface area (Å²) in [6, 6.07) is 11.7. The van der Waals surface area contributed by atoms with Gasteiger partial charge in [-0.1, -0.05) is 36.8 Å². The lowest BCUT2D eigenvalue weighted by molar-refractivity contribution is -0.153. The average Bonchev–Trinajstić information content (AvgIpc) is 2.88. The first kappa shape index (κ1) is 15.7. The van der Waals surface area contributed by atoms with Gasteiger partial charge in [0.2, 0.25) is 0 Å². The van der Waals surface area contributed by atoms with E-state index >= 15 is 0 Å². The van der Waals surface area contributed by atoms with E-state index in [-0.39, 0.29) is 17.9 Å². The Kier molecular flexibility index (Phi) is 4.16. The molecule has 2 aromatic rings. The van der Waals surface area contributed by atoms with E-state index in [9.17, 15) is 9.90 Å². The average molecular weight is 313 g/mol. The molecule has 1 aliphatic rings. The van der Waals surface area contributed by atoms with Gasteiger partial charge < -0.3 is 14.4 Å². The Bertz CT molecular complexity index is 686. The third kappa shape index (κ3) is 2.62. The fraction of sp³-hybridized carbons (Fsp3) is 0.421. The van der Waals surface area contributed by atoms with E-state index in [1.807, 2.05) is 54.9 Å². The van der Waals surface area contributed by atoms with Crippen molar-refractivity contribution in [3.63, 3.8) is 0 Å². The molecule has 0 saturated heterocycles. The number of rotatable bonds is 5. The van der Waals surface area contributed by atoms with Crippen molar-refractivity contribution in [1.29, 1.82) is 0 Å². The van der Waals surface area contributed by atoms with Gasteiger partial charge in [-0.15, -0.1) is 0 Å². The third-order valence-corrected chi connectivity index (χ3v) is 4.95. The summed E-state index contributed by atoms with van der Waals surface area (Å²) in [5.41, 5.74) is 1.40. The second-order valence-corrected chi connectivity index (χ2v) is 6.24. The Balaban J connectivity index is 1.93. The molecule has 4 heteroatoms. The normalized spacial score (nSPS) is 17.3. The van der Waals surface area contributed by atoms with E-state index < -0.39 is 5.41 Å². The summed E-state index contributed by atoms with van der Waals surface area (Å²) in [7, 11) is 0. The summed E-state index contributed by atoms with van der Waals surface area (Å²) >= 11 is 0. The van der Waals surface area contributed by atoms with Crippen molar-refractivity contribution < 1.29 is 14.6 Å². The van der Waals surface area contributed by atoms with Gasteiger partial charge in [0.1, 0.15) is 0 Å². The molecule has 1 heterocycles. The molecule has 0 aliphatic heterocycles. The van der Waals surface area contributed by atoms with Gasteiger partial charge in [0.25, 0.3) is 0 Å². The van der Waals surface area contributed by atoms with Crippen LogP contribution >= 0.6 is 0 Å². The maximum absolute atomic E-state index is 12.4. The lowest BCUT2D eigenvalue weighted by Crippen LogP contribution is -2.43. The topological polar surface area (TPSA) is 51.5 Å². The molecule has 1 N–H and O–H groups in total. The highest BCUT2D eigenvalue weighted by Crippen LogP contribution is 2.46. The van der Waals surface area contributed by atoms with E-state index in [0.717, 1.165) is 30.4 Å². The molecule has 0 bridgehead atoms.